The van der Waals surface area contributed by atoms with E-state index in [4.69, 9.17) is 5.73 Å². The number of carbonyl (C=O) groups excluding carboxylic acids is 1. The molecule has 1 amide bonds. The first-order valence-corrected chi connectivity index (χ1v) is 6.89. The maximum atomic E-state index is 12.3. The number of nitrogens with two attached hydrogens (primary N) is 1. The molecule has 4 heteroatoms. The van der Waals surface area contributed by atoms with Crippen molar-refractivity contribution in [3.8, 4) is 0 Å². The first kappa shape index (κ1) is 12.8. The molecule has 2 rings (SSSR count). The van der Waals surface area contributed by atoms with Crippen molar-refractivity contribution in [1.29, 1.82) is 0 Å². The molecule has 98 valence electrons. The van der Waals surface area contributed by atoms with Crippen molar-refractivity contribution in [2.75, 3.05) is 33.2 Å². The number of likely N-dealkylation sites (tertiary alicyclic amines) is 1. The third kappa shape index (κ3) is 2.99. The molecule has 0 unspecified atom stereocenters. The number of hydrogen-bond donors (Lipinski definition) is 1. The lowest BCUT2D eigenvalue weighted by molar-refractivity contribution is -0.135. The van der Waals surface area contributed by atoms with E-state index in [1.54, 1.807) is 0 Å². The molecule has 2 fully saturated rings. The van der Waals surface area contributed by atoms with Crippen LogP contribution in [-0.2, 0) is 4.79 Å². The summed E-state index contributed by atoms with van der Waals surface area (Å²) in [7, 11) is 1.89. The summed E-state index contributed by atoms with van der Waals surface area (Å²) in [5.41, 5.74) is 5.63. The molecular weight excluding hydrogens is 214 g/mol. The van der Waals surface area contributed by atoms with Crippen molar-refractivity contribution < 1.29 is 4.79 Å². The fraction of sp³-hybridized carbons (Fsp3) is 0.923. The number of likely N-dealkylation sites (N-methyl/N-ethyl adjacent to an activating group) is 1. The molecule has 2 N–H and O–H groups in total. The lowest BCUT2D eigenvalue weighted by Gasteiger charge is -2.29. The van der Waals surface area contributed by atoms with Crippen LogP contribution in [0.5, 0.6) is 0 Å². The minimum absolute atomic E-state index is 0.147. The van der Waals surface area contributed by atoms with Gasteiger partial charge in [0.2, 0.25) is 5.91 Å². The molecule has 4 nitrogen and oxygen atoms in total. The van der Waals surface area contributed by atoms with E-state index in [2.05, 4.69) is 4.90 Å². The molecular formula is C13H25N3O. The summed E-state index contributed by atoms with van der Waals surface area (Å²) in [5, 5.41) is 0. The Balaban J connectivity index is 1.78. The summed E-state index contributed by atoms with van der Waals surface area (Å²) in [5.74, 6) is 0.147. The zero-order valence-electron chi connectivity index (χ0n) is 11.0. The molecule has 0 atom stereocenters. The van der Waals surface area contributed by atoms with Crippen LogP contribution in [0.25, 0.3) is 0 Å². The molecule has 0 spiro atoms. The Morgan fingerprint density at radius 2 is 1.82 bits per heavy atom. The van der Waals surface area contributed by atoms with Crippen LogP contribution in [0, 0.1) is 0 Å². The minimum Gasteiger partial charge on any atom is -0.343 e. The summed E-state index contributed by atoms with van der Waals surface area (Å²) < 4.78 is 0. The predicted octanol–water partition coefficient (Wildman–Crippen LogP) is 0.812. The van der Waals surface area contributed by atoms with Gasteiger partial charge < -0.3 is 15.5 Å². The highest BCUT2D eigenvalue weighted by molar-refractivity contribution is 5.86. The zero-order valence-corrected chi connectivity index (χ0v) is 11.0. The van der Waals surface area contributed by atoms with E-state index in [-0.39, 0.29) is 5.91 Å². The Kier molecular flexibility index (Phi) is 4.05. The molecule has 1 saturated carbocycles. The van der Waals surface area contributed by atoms with Gasteiger partial charge in [0.25, 0.3) is 0 Å². The Bertz CT molecular complexity index is 268. The van der Waals surface area contributed by atoms with Gasteiger partial charge in [0.1, 0.15) is 0 Å². The second kappa shape index (κ2) is 5.36. The Morgan fingerprint density at radius 1 is 1.24 bits per heavy atom. The summed E-state index contributed by atoms with van der Waals surface area (Å²) in [6.45, 7) is 4.20. The lowest BCUT2D eigenvalue weighted by atomic mass is 9.97. The van der Waals surface area contributed by atoms with Crippen LogP contribution >= 0.6 is 0 Å². The van der Waals surface area contributed by atoms with Gasteiger partial charge in [-0.25, -0.2) is 0 Å². The van der Waals surface area contributed by atoms with E-state index in [1.165, 1.54) is 25.9 Å². The van der Waals surface area contributed by atoms with Gasteiger partial charge in [0.05, 0.1) is 5.54 Å². The van der Waals surface area contributed by atoms with Gasteiger partial charge in [-0.1, -0.05) is 12.8 Å². The standard InChI is InChI=1S/C13H25N3O/c1-15(10-11-16-8-4-5-9-16)12(17)13(14)6-2-3-7-13/h2-11,14H2,1H3. The fourth-order valence-corrected chi connectivity index (χ4v) is 3.00. The van der Waals surface area contributed by atoms with Crippen molar-refractivity contribution in [2.24, 2.45) is 5.73 Å². The molecule has 0 radical (unpaired) electrons. The molecule has 0 aromatic carbocycles. The van der Waals surface area contributed by atoms with Crippen molar-refractivity contribution >= 4 is 5.91 Å². The highest BCUT2D eigenvalue weighted by atomic mass is 16.2. The Labute approximate surface area is 104 Å². The number of carbonyl (C=O) groups is 1. The quantitative estimate of drug-likeness (QED) is 0.790. The fourth-order valence-electron chi connectivity index (χ4n) is 3.00. The van der Waals surface area contributed by atoms with E-state index in [0.717, 1.165) is 38.8 Å². The summed E-state index contributed by atoms with van der Waals surface area (Å²) in [4.78, 5) is 16.5. The molecule has 1 aliphatic carbocycles. The number of rotatable bonds is 4. The van der Waals surface area contributed by atoms with E-state index in [9.17, 15) is 4.79 Å². The average Bonchev–Trinajstić information content (AvgIpc) is 2.96. The second-order valence-corrected chi connectivity index (χ2v) is 5.64. The smallest absolute Gasteiger partial charge is 0.242 e. The molecule has 0 bridgehead atoms. The van der Waals surface area contributed by atoms with Gasteiger partial charge in [0, 0.05) is 20.1 Å². The van der Waals surface area contributed by atoms with E-state index in [1.807, 2.05) is 11.9 Å². The maximum absolute atomic E-state index is 12.3. The Hall–Kier alpha value is -0.610. The Morgan fingerprint density at radius 3 is 2.41 bits per heavy atom. The van der Waals surface area contributed by atoms with Gasteiger partial charge in [-0.2, -0.15) is 0 Å². The van der Waals surface area contributed by atoms with Crippen LogP contribution in [0.2, 0.25) is 0 Å². The summed E-state index contributed by atoms with van der Waals surface area (Å²) >= 11 is 0. The van der Waals surface area contributed by atoms with Gasteiger partial charge in [0.15, 0.2) is 0 Å². The number of amides is 1. The summed E-state index contributed by atoms with van der Waals surface area (Å²) in [6, 6.07) is 0. The first-order chi connectivity index (χ1) is 8.12. The molecule has 1 heterocycles. The van der Waals surface area contributed by atoms with Crippen molar-refractivity contribution in [3.63, 3.8) is 0 Å². The molecule has 1 aliphatic heterocycles. The van der Waals surface area contributed by atoms with Crippen LogP contribution in [0.4, 0.5) is 0 Å². The van der Waals surface area contributed by atoms with Gasteiger partial charge in [-0.15, -0.1) is 0 Å². The lowest BCUT2D eigenvalue weighted by Crippen LogP contribution is -2.53. The largest absolute Gasteiger partial charge is 0.343 e. The van der Waals surface area contributed by atoms with Crippen molar-refractivity contribution in [3.05, 3.63) is 0 Å². The van der Waals surface area contributed by atoms with E-state index < -0.39 is 5.54 Å². The topological polar surface area (TPSA) is 49.6 Å². The number of hydrogen-bond acceptors (Lipinski definition) is 3. The van der Waals surface area contributed by atoms with Crippen molar-refractivity contribution in [2.45, 2.75) is 44.1 Å². The average molecular weight is 239 g/mol. The third-order valence-corrected chi connectivity index (χ3v) is 4.22. The second-order valence-electron chi connectivity index (χ2n) is 5.64. The van der Waals surface area contributed by atoms with Crippen LogP contribution in [0.3, 0.4) is 0 Å². The number of nitrogens with zero attached hydrogens (tertiary/aromatic N) is 2. The van der Waals surface area contributed by atoms with Crippen LogP contribution in [-0.4, -0.2) is 54.5 Å². The minimum atomic E-state index is -0.556. The van der Waals surface area contributed by atoms with Gasteiger partial charge in [-0.3, -0.25) is 4.79 Å². The normalized spacial score (nSPS) is 24.1. The molecule has 2 aliphatic rings. The molecule has 17 heavy (non-hydrogen) atoms. The molecule has 0 aromatic heterocycles. The third-order valence-electron chi connectivity index (χ3n) is 4.22. The SMILES string of the molecule is CN(CCN1CCCC1)C(=O)C1(N)CCCC1. The maximum Gasteiger partial charge on any atom is 0.242 e. The van der Waals surface area contributed by atoms with Crippen LogP contribution < -0.4 is 5.73 Å². The predicted molar refractivity (Wildman–Crippen MR) is 68.7 cm³/mol. The van der Waals surface area contributed by atoms with Crippen LogP contribution in [0.1, 0.15) is 38.5 Å². The molecule has 1 saturated heterocycles. The van der Waals surface area contributed by atoms with Gasteiger partial charge in [-0.05, 0) is 38.8 Å². The van der Waals surface area contributed by atoms with Gasteiger partial charge >= 0.3 is 0 Å². The highest BCUT2D eigenvalue weighted by Gasteiger charge is 2.38. The summed E-state index contributed by atoms with van der Waals surface area (Å²) in [6.07, 6.45) is 6.53. The van der Waals surface area contributed by atoms with Crippen LogP contribution in [0.15, 0.2) is 0 Å². The first-order valence-electron chi connectivity index (χ1n) is 6.89. The van der Waals surface area contributed by atoms with E-state index >= 15 is 0 Å². The monoisotopic (exact) mass is 239 g/mol. The van der Waals surface area contributed by atoms with E-state index in [0.29, 0.717) is 0 Å². The zero-order chi connectivity index (χ0) is 12.3. The molecule has 0 aromatic rings. The van der Waals surface area contributed by atoms with Crippen molar-refractivity contribution in [1.82, 2.24) is 9.80 Å². The highest BCUT2D eigenvalue weighted by Crippen LogP contribution is 2.28.